The van der Waals surface area contributed by atoms with Crippen LogP contribution in [0.3, 0.4) is 0 Å². The lowest BCUT2D eigenvalue weighted by Gasteiger charge is -2.36. The third-order valence-electron chi connectivity index (χ3n) is 6.32. The Morgan fingerprint density at radius 3 is 2.52 bits per heavy atom. The molecule has 5 rings (SSSR count). The Balaban J connectivity index is 1.68. The van der Waals surface area contributed by atoms with Crippen LogP contribution < -0.4 is 5.73 Å². The van der Waals surface area contributed by atoms with Crippen molar-refractivity contribution in [1.29, 1.82) is 0 Å². The van der Waals surface area contributed by atoms with Crippen molar-refractivity contribution >= 4 is 0 Å². The largest absolute Gasteiger partial charge is 0.467 e. The molecule has 1 fully saturated rings. The zero-order chi connectivity index (χ0) is 21.1. The molecule has 1 aliphatic rings. The summed E-state index contributed by atoms with van der Waals surface area (Å²) in [7, 11) is 0. The second kappa shape index (κ2) is 8.43. The average Bonchev–Trinajstić information content (AvgIpc) is 3.57. The summed E-state index contributed by atoms with van der Waals surface area (Å²) in [5.74, 6) is 1.17. The minimum atomic E-state index is -0.892. The van der Waals surface area contributed by atoms with Gasteiger partial charge in [0, 0.05) is 12.4 Å². The molecule has 0 saturated heterocycles. The van der Waals surface area contributed by atoms with Crippen molar-refractivity contribution in [2.24, 2.45) is 5.73 Å². The van der Waals surface area contributed by atoms with E-state index in [4.69, 9.17) is 10.2 Å². The van der Waals surface area contributed by atoms with Crippen LogP contribution in [0.1, 0.15) is 60.4 Å². The number of benzene rings is 1. The van der Waals surface area contributed by atoms with Crippen LogP contribution in [0.15, 0.2) is 77.7 Å². The number of pyridine rings is 1. The summed E-state index contributed by atoms with van der Waals surface area (Å²) < 4.78 is 7.91. The van der Waals surface area contributed by atoms with Gasteiger partial charge in [0.25, 0.3) is 0 Å². The third-order valence-corrected chi connectivity index (χ3v) is 6.32. The SMILES string of the molecule is NC(Cc1ccccc1)(c1ccco1)C(c1ccncc1)c1nnnn1C1CCCC1. The lowest BCUT2D eigenvalue weighted by atomic mass is 9.74. The summed E-state index contributed by atoms with van der Waals surface area (Å²) in [5, 5.41) is 13.0. The average molecular weight is 415 g/mol. The van der Waals surface area contributed by atoms with Crippen LogP contribution in [0, 0.1) is 0 Å². The smallest absolute Gasteiger partial charge is 0.161 e. The maximum Gasteiger partial charge on any atom is 0.161 e. The topological polar surface area (TPSA) is 95.7 Å². The molecular formula is C24H26N6O. The Hall–Kier alpha value is -3.32. The molecule has 3 heterocycles. The first-order chi connectivity index (χ1) is 15.3. The number of hydrogen-bond acceptors (Lipinski definition) is 6. The molecule has 0 radical (unpaired) electrons. The molecule has 1 aliphatic carbocycles. The number of nitrogens with zero attached hydrogens (tertiary/aromatic N) is 5. The Bertz CT molecular complexity index is 1090. The second-order valence-electron chi connectivity index (χ2n) is 8.31. The van der Waals surface area contributed by atoms with Crippen molar-refractivity contribution < 1.29 is 4.42 Å². The van der Waals surface area contributed by atoms with E-state index in [9.17, 15) is 0 Å². The van der Waals surface area contributed by atoms with E-state index in [-0.39, 0.29) is 5.92 Å². The number of aromatic nitrogens is 5. The molecule has 7 nitrogen and oxygen atoms in total. The molecule has 1 saturated carbocycles. The second-order valence-corrected chi connectivity index (χ2v) is 8.31. The Labute approximate surface area is 181 Å². The molecule has 2 N–H and O–H groups in total. The molecule has 4 aromatic rings. The molecular weight excluding hydrogens is 388 g/mol. The molecule has 0 bridgehead atoms. The van der Waals surface area contributed by atoms with Gasteiger partial charge in [-0.1, -0.05) is 43.2 Å². The zero-order valence-electron chi connectivity index (χ0n) is 17.3. The van der Waals surface area contributed by atoms with E-state index in [1.54, 1.807) is 18.7 Å². The van der Waals surface area contributed by atoms with Gasteiger partial charge in [-0.15, -0.1) is 5.10 Å². The summed E-state index contributed by atoms with van der Waals surface area (Å²) in [6, 6.07) is 18.4. The minimum absolute atomic E-state index is 0.298. The summed E-state index contributed by atoms with van der Waals surface area (Å²) in [4.78, 5) is 4.22. The fourth-order valence-electron chi connectivity index (χ4n) is 4.84. The summed E-state index contributed by atoms with van der Waals surface area (Å²) in [6.45, 7) is 0. The minimum Gasteiger partial charge on any atom is -0.467 e. The predicted octanol–water partition coefficient (Wildman–Crippen LogP) is 4.01. The quantitative estimate of drug-likeness (QED) is 0.491. The Morgan fingerprint density at radius 2 is 1.81 bits per heavy atom. The molecule has 7 heteroatoms. The van der Waals surface area contributed by atoms with Crippen LogP contribution in [-0.4, -0.2) is 25.2 Å². The van der Waals surface area contributed by atoms with E-state index < -0.39 is 5.54 Å². The van der Waals surface area contributed by atoms with Crippen molar-refractivity contribution in [2.75, 3.05) is 0 Å². The van der Waals surface area contributed by atoms with E-state index in [1.165, 1.54) is 12.8 Å². The number of tetrazole rings is 1. The first-order valence-electron chi connectivity index (χ1n) is 10.8. The first kappa shape index (κ1) is 19.6. The molecule has 0 spiro atoms. The van der Waals surface area contributed by atoms with Gasteiger partial charge in [0.15, 0.2) is 5.82 Å². The Kier molecular flexibility index (Phi) is 5.34. The van der Waals surface area contributed by atoms with Gasteiger partial charge in [0.1, 0.15) is 5.76 Å². The van der Waals surface area contributed by atoms with Crippen LogP contribution in [-0.2, 0) is 12.0 Å². The van der Waals surface area contributed by atoms with Gasteiger partial charge in [-0.2, -0.15) is 0 Å². The van der Waals surface area contributed by atoms with E-state index >= 15 is 0 Å². The molecule has 0 amide bonds. The Morgan fingerprint density at radius 1 is 1.03 bits per heavy atom. The highest BCUT2D eigenvalue weighted by Crippen LogP contribution is 2.43. The van der Waals surface area contributed by atoms with Crippen molar-refractivity contribution in [3.63, 3.8) is 0 Å². The van der Waals surface area contributed by atoms with Gasteiger partial charge in [0.2, 0.25) is 0 Å². The van der Waals surface area contributed by atoms with Gasteiger partial charge >= 0.3 is 0 Å². The van der Waals surface area contributed by atoms with E-state index in [0.717, 1.165) is 29.8 Å². The summed E-state index contributed by atoms with van der Waals surface area (Å²) in [6.07, 6.45) is 10.4. The van der Waals surface area contributed by atoms with Gasteiger partial charge in [-0.25, -0.2) is 4.68 Å². The maximum absolute atomic E-state index is 7.31. The molecule has 3 aromatic heterocycles. The van der Waals surface area contributed by atoms with Crippen molar-refractivity contribution in [3.05, 3.63) is 96.0 Å². The lowest BCUT2D eigenvalue weighted by molar-refractivity contribution is 0.287. The van der Waals surface area contributed by atoms with Gasteiger partial charge in [-0.3, -0.25) is 4.98 Å². The fraction of sp³-hybridized carbons (Fsp3) is 0.333. The highest BCUT2D eigenvalue weighted by molar-refractivity contribution is 5.35. The highest BCUT2D eigenvalue weighted by Gasteiger charge is 2.45. The van der Waals surface area contributed by atoms with Gasteiger partial charge in [-0.05, 0) is 65.1 Å². The van der Waals surface area contributed by atoms with E-state index in [1.807, 2.05) is 47.1 Å². The van der Waals surface area contributed by atoms with Crippen molar-refractivity contribution in [3.8, 4) is 0 Å². The third kappa shape index (κ3) is 3.77. The molecule has 2 unspecified atom stereocenters. The van der Waals surface area contributed by atoms with Gasteiger partial charge < -0.3 is 10.2 Å². The molecule has 31 heavy (non-hydrogen) atoms. The van der Waals surface area contributed by atoms with Gasteiger partial charge in [0.05, 0.1) is 23.8 Å². The number of hydrogen-bond donors (Lipinski definition) is 1. The summed E-state index contributed by atoms with van der Waals surface area (Å²) in [5.41, 5.74) is 8.55. The highest BCUT2D eigenvalue weighted by atomic mass is 16.3. The monoisotopic (exact) mass is 414 g/mol. The van der Waals surface area contributed by atoms with Crippen molar-refractivity contribution in [1.82, 2.24) is 25.2 Å². The summed E-state index contributed by atoms with van der Waals surface area (Å²) >= 11 is 0. The zero-order valence-corrected chi connectivity index (χ0v) is 17.3. The lowest BCUT2D eigenvalue weighted by Crippen LogP contribution is -2.46. The molecule has 158 valence electrons. The standard InChI is InChI=1S/C24H26N6O/c25-24(21-11-6-16-31-21,17-18-7-2-1-3-8-18)22(19-12-14-26-15-13-19)23-27-28-29-30(23)20-9-4-5-10-20/h1-3,6-8,11-16,20,22H,4-5,9-10,17,25H2. The van der Waals surface area contributed by atoms with Crippen LogP contribution >= 0.6 is 0 Å². The maximum atomic E-state index is 7.31. The molecule has 1 aromatic carbocycles. The number of rotatable bonds is 7. The van der Waals surface area contributed by atoms with E-state index in [2.05, 4.69) is 32.6 Å². The first-order valence-corrected chi connectivity index (χ1v) is 10.8. The van der Waals surface area contributed by atoms with Crippen LogP contribution in [0.2, 0.25) is 0 Å². The van der Waals surface area contributed by atoms with E-state index in [0.29, 0.717) is 18.2 Å². The number of nitrogens with two attached hydrogens (primary N) is 1. The van der Waals surface area contributed by atoms with Crippen LogP contribution in [0.5, 0.6) is 0 Å². The van der Waals surface area contributed by atoms with Crippen LogP contribution in [0.4, 0.5) is 0 Å². The van der Waals surface area contributed by atoms with Crippen LogP contribution in [0.25, 0.3) is 0 Å². The van der Waals surface area contributed by atoms with Crippen molar-refractivity contribution in [2.45, 2.75) is 49.6 Å². The fourth-order valence-corrected chi connectivity index (χ4v) is 4.84. The number of furan rings is 1. The normalized spacial score (nSPS) is 17.5. The predicted molar refractivity (Wildman–Crippen MR) is 116 cm³/mol. The molecule has 0 aliphatic heterocycles. The molecule has 2 atom stereocenters.